The molecule has 0 radical (unpaired) electrons. The first-order valence-corrected chi connectivity index (χ1v) is 7.53. The lowest BCUT2D eigenvalue weighted by molar-refractivity contribution is -0.117. The van der Waals surface area contributed by atoms with Gasteiger partial charge in [-0.2, -0.15) is 0 Å². The lowest BCUT2D eigenvalue weighted by Crippen LogP contribution is -2.29. The topological polar surface area (TPSA) is 81.8 Å². The fourth-order valence-corrected chi connectivity index (χ4v) is 2.30. The van der Waals surface area contributed by atoms with Crippen LogP contribution in [0, 0.1) is 0 Å². The Labute approximate surface area is 142 Å². The molecule has 0 unspecified atom stereocenters. The van der Waals surface area contributed by atoms with Crippen molar-refractivity contribution >= 4 is 23.2 Å². The summed E-state index contributed by atoms with van der Waals surface area (Å²) in [5.41, 5.74) is 0.772. The van der Waals surface area contributed by atoms with Gasteiger partial charge in [-0.1, -0.05) is 17.7 Å². The molecule has 0 aliphatic heterocycles. The van der Waals surface area contributed by atoms with Gasteiger partial charge in [-0.3, -0.25) is 14.3 Å². The highest BCUT2D eigenvalue weighted by molar-refractivity contribution is 6.30. The molecule has 0 bridgehead atoms. The van der Waals surface area contributed by atoms with Gasteiger partial charge in [0.2, 0.25) is 5.91 Å². The van der Waals surface area contributed by atoms with Crippen LogP contribution in [0.15, 0.2) is 53.5 Å². The highest BCUT2D eigenvalue weighted by Gasteiger charge is 2.15. The molecule has 1 amide bonds. The number of carbonyl (C=O) groups excluding carboxylic acids is 1. The first-order valence-electron chi connectivity index (χ1n) is 7.15. The first-order chi connectivity index (χ1) is 11.5. The summed E-state index contributed by atoms with van der Waals surface area (Å²) in [6, 6.07) is 12.0. The number of anilines is 1. The molecule has 1 aromatic carbocycles. The third-order valence-electron chi connectivity index (χ3n) is 3.36. The highest BCUT2D eigenvalue weighted by Crippen LogP contribution is 2.13. The van der Waals surface area contributed by atoms with Crippen LogP contribution in [0.4, 0.5) is 5.69 Å². The van der Waals surface area contributed by atoms with Gasteiger partial charge in [0, 0.05) is 24.0 Å². The van der Waals surface area contributed by atoms with E-state index < -0.39 is 0 Å². The molecule has 3 aromatic rings. The van der Waals surface area contributed by atoms with Crippen LogP contribution >= 0.6 is 11.6 Å². The molecule has 0 aliphatic rings. The summed E-state index contributed by atoms with van der Waals surface area (Å²) in [6.07, 6.45) is 1.62. The molecule has 122 valence electrons. The molecule has 7 nitrogen and oxygen atoms in total. The maximum Gasteiger partial charge on any atom is 0.346 e. The molecule has 2 aromatic heterocycles. The molecule has 0 aliphatic carbocycles. The summed E-state index contributed by atoms with van der Waals surface area (Å²) in [5, 5.41) is 7.47. The quantitative estimate of drug-likeness (QED) is 0.784. The standard InChI is InChI=1S/C16H14ClN5O2/c1-21-15(13-4-2-3-9-18-13)20-22(16(21)24)10-14(23)19-12-7-5-11(17)6-8-12/h2-9H,10H2,1H3,(H,19,23). The normalized spacial score (nSPS) is 10.6. The summed E-state index contributed by atoms with van der Waals surface area (Å²) in [4.78, 5) is 28.5. The Bertz CT molecular complexity index is 916. The lowest BCUT2D eigenvalue weighted by atomic mass is 10.3. The lowest BCUT2D eigenvalue weighted by Gasteiger charge is -2.04. The van der Waals surface area contributed by atoms with Crippen LogP contribution in [0.25, 0.3) is 11.5 Å². The number of halogens is 1. The van der Waals surface area contributed by atoms with Gasteiger partial charge in [0.1, 0.15) is 12.2 Å². The molecule has 0 saturated heterocycles. The van der Waals surface area contributed by atoms with Crippen molar-refractivity contribution < 1.29 is 4.79 Å². The van der Waals surface area contributed by atoms with E-state index in [2.05, 4.69) is 15.4 Å². The molecule has 3 rings (SSSR count). The molecule has 8 heteroatoms. The van der Waals surface area contributed by atoms with Crippen LogP contribution in [-0.2, 0) is 18.4 Å². The molecule has 2 heterocycles. The number of rotatable bonds is 4. The molecule has 1 N–H and O–H groups in total. The summed E-state index contributed by atoms with van der Waals surface area (Å²) < 4.78 is 2.47. The van der Waals surface area contributed by atoms with Gasteiger partial charge < -0.3 is 5.32 Å². The monoisotopic (exact) mass is 343 g/mol. The van der Waals surface area contributed by atoms with E-state index in [9.17, 15) is 9.59 Å². The zero-order valence-corrected chi connectivity index (χ0v) is 13.6. The van der Waals surface area contributed by atoms with E-state index in [4.69, 9.17) is 11.6 Å². The van der Waals surface area contributed by atoms with Gasteiger partial charge in [-0.25, -0.2) is 9.48 Å². The Balaban J connectivity index is 1.79. The third kappa shape index (κ3) is 3.36. The molecule has 0 spiro atoms. The van der Waals surface area contributed by atoms with E-state index in [-0.39, 0.29) is 18.1 Å². The highest BCUT2D eigenvalue weighted by atomic mass is 35.5. The minimum absolute atomic E-state index is 0.192. The molecule has 0 fully saturated rings. The minimum Gasteiger partial charge on any atom is -0.324 e. The number of pyridine rings is 1. The van der Waals surface area contributed by atoms with E-state index in [1.54, 1.807) is 55.7 Å². The minimum atomic E-state index is -0.387. The van der Waals surface area contributed by atoms with Crippen molar-refractivity contribution in [2.75, 3.05) is 5.32 Å². The molecule has 24 heavy (non-hydrogen) atoms. The van der Waals surface area contributed by atoms with Crippen LogP contribution < -0.4 is 11.0 Å². The molecular weight excluding hydrogens is 330 g/mol. The third-order valence-corrected chi connectivity index (χ3v) is 3.61. The van der Waals surface area contributed by atoms with Crippen molar-refractivity contribution in [2.24, 2.45) is 7.05 Å². The second kappa shape index (κ2) is 6.67. The molecular formula is C16H14ClN5O2. The zero-order chi connectivity index (χ0) is 17.1. The van der Waals surface area contributed by atoms with Crippen molar-refractivity contribution in [3.05, 3.63) is 64.2 Å². The Morgan fingerprint density at radius 1 is 1.21 bits per heavy atom. The summed E-state index contributed by atoms with van der Waals surface area (Å²) in [7, 11) is 1.59. The molecule has 0 saturated carbocycles. The van der Waals surface area contributed by atoms with Crippen molar-refractivity contribution in [1.82, 2.24) is 19.3 Å². The molecule has 0 atom stereocenters. The van der Waals surface area contributed by atoms with Gasteiger partial charge in [-0.05, 0) is 36.4 Å². The maximum absolute atomic E-state index is 12.2. The maximum atomic E-state index is 12.2. The number of nitrogens with zero attached hydrogens (tertiary/aromatic N) is 4. The van der Waals surface area contributed by atoms with Gasteiger partial charge in [0.15, 0.2) is 5.82 Å². The van der Waals surface area contributed by atoms with Crippen molar-refractivity contribution in [1.29, 1.82) is 0 Å². The van der Waals surface area contributed by atoms with Crippen molar-refractivity contribution in [2.45, 2.75) is 6.54 Å². The fraction of sp³-hybridized carbons (Fsp3) is 0.125. The van der Waals surface area contributed by atoms with Gasteiger partial charge >= 0.3 is 5.69 Å². The Morgan fingerprint density at radius 2 is 1.96 bits per heavy atom. The van der Waals surface area contributed by atoms with Crippen LogP contribution in [-0.4, -0.2) is 25.2 Å². The van der Waals surface area contributed by atoms with E-state index in [1.807, 2.05) is 0 Å². The number of aromatic nitrogens is 4. The average Bonchev–Trinajstić information content (AvgIpc) is 2.86. The van der Waals surface area contributed by atoms with Crippen LogP contribution in [0.2, 0.25) is 5.02 Å². The van der Waals surface area contributed by atoms with Crippen LogP contribution in [0.1, 0.15) is 0 Å². The Hall–Kier alpha value is -2.93. The summed E-state index contributed by atoms with van der Waals surface area (Å²) >= 11 is 5.80. The predicted octanol–water partition coefficient (Wildman–Crippen LogP) is 1.94. The second-order valence-electron chi connectivity index (χ2n) is 5.09. The van der Waals surface area contributed by atoms with E-state index in [1.165, 1.54) is 4.57 Å². The van der Waals surface area contributed by atoms with Gasteiger partial charge in [-0.15, -0.1) is 5.10 Å². The van der Waals surface area contributed by atoms with E-state index >= 15 is 0 Å². The van der Waals surface area contributed by atoms with Gasteiger partial charge in [0.25, 0.3) is 0 Å². The number of hydrogen-bond acceptors (Lipinski definition) is 4. The SMILES string of the molecule is Cn1c(-c2ccccn2)nn(CC(=O)Nc2ccc(Cl)cc2)c1=O. The summed E-state index contributed by atoms with van der Waals surface area (Å²) in [6.45, 7) is -0.192. The number of benzene rings is 1. The van der Waals surface area contributed by atoms with E-state index in [0.29, 0.717) is 22.2 Å². The largest absolute Gasteiger partial charge is 0.346 e. The van der Waals surface area contributed by atoms with E-state index in [0.717, 1.165) is 4.68 Å². The zero-order valence-electron chi connectivity index (χ0n) is 12.8. The predicted molar refractivity (Wildman–Crippen MR) is 90.8 cm³/mol. The number of carbonyl (C=O) groups is 1. The average molecular weight is 344 g/mol. The fourth-order valence-electron chi connectivity index (χ4n) is 2.18. The summed E-state index contributed by atoms with van der Waals surface area (Å²) in [5.74, 6) is 0.0463. The Morgan fingerprint density at radius 3 is 2.62 bits per heavy atom. The number of nitrogens with one attached hydrogen (secondary N) is 1. The van der Waals surface area contributed by atoms with Crippen molar-refractivity contribution in [3.8, 4) is 11.5 Å². The van der Waals surface area contributed by atoms with Crippen LogP contribution in [0.5, 0.6) is 0 Å². The van der Waals surface area contributed by atoms with Crippen molar-refractivity contribution in [3.63, 3.8) is 0 Å². The smallest absolute Gasteiger partial charge is 0.324 e. The first kappa shape index (κ1) is 15.9. The Kier molecular flexibility index (Phi) is 4.43. The number of amides is 1. The van der Waals surface area contributed by atoms with Crippen LogP contribution in [0.3, 0.4) is 0 Å². The van der Waals surface area contributed by atoms with Gasteiger partial charge in [0.05, 0.1) is 0 Å². The second-order valence-corrected chi connectivity index (χ2v) is 5.53. The number of hydrogen-bond donors (Lipinski definition) is 1.